The molecule has 170 valence electrons. The van der Waals surface area contributed by atoms with Gasteiger partial charge in [-0.25, -0.2) is 0 Å². The highest BCUT2D eigenvalue weighted by Gasteiger charge is 2.40. The topological polar surface area (TPSA) is 58.1 Å². The van der Waals surface area contributed by atoms with E-state index in [1.807, 2.05) is 7.05 Å². The van der Waals surface area contributed by atoms with Crippen molar-refractivity contribution in [1.82, 2.24) is 15.5 Å². The van der Waals surface area contributed by atoms with Gasteiger partial charge in [-0.1, -0.05) is 12.8 Å². The zero-order valence-corrected chi connectivity index (χ0v) is 21.0. The fraction of sp³-hybridized carbons (Fsp3) is 0.955. The standard InChI is InChI=1S/C22H42N4O2.HI/c1-3-27-15-10-21(8-4-5-9-21)18-24-20(23-2)25-19-22(11-16-28-17-12-22)26-13-6-7-14-26;/h3-19H2,1-2H3,(H2,23,24,25);1H. The minimum absolute atomic E-state index is 0. The molecule has 1 aliphatic carbocycles. The molecule has 0 unspecified atom stereocenters. The first-order valence-electron chi connectivity index (χ1n) is 11.6. The van der Waals surface area contributed by atoms with Crippen LogP contribution in [0.15, 0.2) is 4.99 Å². The van der Waals surface area contributed by atoms with Gasteiger partial charge in [0.25, 0.3) is 0 Å². The normalized spacial score (nSPS) is 24.3. The van der Waals surface area contributed by atoms with Gasteiger partial charge in [0, 0.05) is 52.1 Å². The van der Waals surface area contributed by atoms with Crippen molar-refractivity contribution in [3.63, 3.8) is 0 Å². The minimum atomic E-state index is 0. The molecule has 0 atom stereocenters. The van der Waals surface area contributed by atoms with E-state index in [2.05, 4.69) is 27.4 Å². The van der Waals surface area contributed by atoms with Crippen LogP contribution in [-0.2, 0) is 9.47 Å². The zero-order valence-electron chi connectivity index (χ0n) is 18.6. The molecule has 0 aromatic carbocycles. The maximum Gasteiger partial charge on any atom is 0.191 e. The lowest BCUT2D eigenvalue weighted by molar-refractivity contribution is -0.0164. The van der Waals surface area contributed by atoms with Crippen molar-refractivity contribution in [2.45, 2.75) is 70.3 Å². The number of hydrogen-bond acceptors (Lipinski definition) is 4. The van der Waals surface area contributed by atoms with Crippen molar-refractivity contribution in [1.29, 1.82) is 0 Å². The van der Waals surface area contributed by atoms with Gasteiger partial charge in [0.15, 0.2) is 5.96 Å². The molecule has 3 fully saturated rings. The minimum Gasteiger partial charge on any atom is -0.382 e. The maximum absolute atomic E-state index is 5.68. The molecule has 2 heterocycles. The molecule has 29 heavy (non-hydrogen) atoms. The molecule has 2 saturated heterocycles. The van der Waals surface area contributed by atoms with Crippen LogP contribution in [0.3, 0.4) is 0 Å². The highest BCUT2D eigenvalue weighted by atomic mass is 127. The molecule has 0 amide bonds. The Hall–Kier alpha value is -0.120. The van der Waals surface area contributed by atoms with E-state index in [9.17, 15) is 0 Å². The smallest absolute Gasteiger partial charge is 0.191 e. The van der Waals surface area contributed by atoms with Crippen LogP contribution in [0.1, 0.15) is 64.7 Å². The summed E-state index contributed by atoms with van der Waals surface area (Å²) in [6.07, 6.45) is 11.4. The number of nitrogens with zero attached hydrogens (tertiary/aromatic N) is 2. The molecule has 2 N–H and O–H groups in total. The number of guanidine groups is 1. The molecule has 0 aromatic rings. The molecule has 3 rings (SSSR count). The van der Waals surface area contributed by atoms with Crippen LogP contribution in [0.4, 0.5) is 0 Å². The number of hydrogen-bond donors (Lipinski definition) is 2. The van der Waals surface area contributed by atoms with E-state index < -0.39 is 0 Å². The Bertz CT molecular complexity index is 485. The molecule has 2 aliphatic heterocycles. The summed E-state index contributed by atoms with van der Waals surface area (Å²) in [7, 11) is 1.89. The SMILES string of the molecule is CCOCCC1(CNC(=NC)NCC2(N3CCCC3)CCOCC2)CCCC1.I. The van der Waals surface area contributed by atoms with Crippen molar-refractivity contribution in [3.05, 3.63) is 0 Å². The molecule has 6 nitrogen and oxygen atoms in total. The lowest BCUT2D eigenvalue weighted by Crippen LogP contribution is -2.59. The average molecular weight is 523 g/mol. The van der Waals surface area contributed by atoms with Crippen LogP contribution in [0.25, 0.3) is 0 Å². The molecule has 1 saturated carbocycles. The van der Waals surface area contributed by atoms with E-state index in [0.29, 0.717) is 5.41 Å². The van der Waals surface area contributed by atoms with Gasteiger partial charge >= 0.3 is 0 Å². The van der Waals surface area contributed by atoms with Crippen molar-refractivity contribution >= 4 is 29.9 Å². The Morgan fingerprint density at radius 2 is 1.66 bits per heavy atom. The van der Waals surface area contributed by atoms with E-state index in [-0.39, 0.29) is 29.5 Å². The molecule has 0 bridgehead atoms. The Labute approximate surface area is 195 Å². The van der Waals surface area contributed by atoms with Crippen molar-refractivity contribution in [3.8, 4) is 0 Å². The lowest BCUT2D eigenvalue weighted by Gasteiger charge is -2.45. The molecule has 0 radical (unpaired) electrons. The second kappa shape index (κ2) is 12.7. The van der Waals surface area contributed by atoms with Gasteiger partial charge in [0.05, 0.1) is 0 Å². The van der Waals surface area contributed by atoms with Crippen molar-refractivity contribution < 1.29 is 9.47 Å². The summed E-state index contributed by atoms with van der Waals surface area (Å²) in [6, 6.07) is 0. The van der Waals surface area contributed by atoms with Crippen LogP contribution in [0.5, 0.6) is 0 Å². The number of halogens is 1. The van der Waals surface area contributed by atoms with E-state index >= 15 is 0 Å². The van der Waals surface area contributed by atoms with E-state index in [4.69, 9.17) is 9.47 Å². The van der Waals surface area contributed by atoms with Gasteiger partial charge in [-0.2, -0.15) is 0 Å². The Morgan fingerprint density at radius 3 is 2.28 bits per heavy atom. The zero-order chi connectivity index (χ0) is 19.7. The summed E-state index contributed by atoms with van der Waals surface area (Å²) < 4.78 is 11.3. The van der Waals surface area contributed by atoms with E-state index in [1.165, 1.54) is 51.6 Å². The molecule has 3 aliphatic rings. The predicted octanol–water partition coefficient (Wildman–Crippen LogP) is 3.40. The fourth-order valence-electron chi connectivity index (χ4n) is 5.36. The maximum atomic E-state index is 5.68. The van der Waals surface area contributed by atoms with Crippen molar-refractivity contribution in [2.75, 3.05) is 59.7 Å². The number of nitrogens with one attached hydrogen (secondary N) is 2. The summed E-state index contributed by atoms with van der Waals surface area (Å²) in [6.45, 7) is 9.95. The monoisotopic (exact) mass is 522 g/mol. The molecule has 0 aromatic heterocycles. The van der Waals surface area contributed by atoms with Gasteiger partial charge in [-0.3, -0.25) is 9.89 Å². The highest BCUT2D eigenvalue weighted by molar-refractivity contribution is 14.0. The van der Waals surface area contributed by atoms with E-state index in [0.717, 1.165) is 64.7 Å². The average Bonchev–Trinajstić information content (AvgIpc) is 3.42. The van der Waals surface area contributed by atoms with Gasteiger partial charge in [-0.15, -0.1) is 24.0 Å². The van der Waals surface area contributed by atoms with Gasteiger partial charge < -0.3 is 20.1 Å². The summed E-state index contributed by atoms with van der Waals surface area (Å²) in [4.78, 5) is 7.24. The molecule has 7 heteroatoms. The molecular weight excluding hydrogens is 479 g/mol. The highest BCUT2D eigenvalue weighted by Crippen LogP contribution is 2.40. The first kappa shape index (κ1) is 25.1. The molecule has 0 spiro atoms. The second-order valence-corrected chi connectivity index (χ2v) is 8.96. The summed E-state index contributed by atoms with van der Waals surface area (Å²) in [5, 5.41) is 7.34. The van der Waals surface area contributed by atoms with Gasteiger partial charge in [-0.05, 0) is 70.4 Å². The molecular formula is C22H43IN4O2. The quantitative estimate of drug-likeness (QED) is 0.211. The predicted molar refractivity (Wildman–Crippen MR) is 130 cm³/mol. The second-order valence-electron chi connectivity index (χ2n) is 8.96. The van der Waals surface area contributed by atoms with Gasteiger partial charge in [0.1, 0.15) is 0 Å². The van der Waals surface area contributed by atoms with Crippen LogP contribution < -0.4 is 10.6 Å². The number of aliphatic imine (C=N–C) groups is 1. The third-order valence-electron chi connectivity index (χ3n) is 7.28. The van der Waals surface area contributed by atoms with Crippen LogP contribution in [-0.4, -0.2) is 76.1 Å². The van der Waals surface area contributed by atoms with Crippen LogP contribution in [0, 0.1) is 5.41 Å². The summed E-state index contributed by atoms with van der Waals surface area (Å²) in [5.41, 5.74) is 0.602. The first-order chi connectivity index (χ1) is 13.7. The largest absolute Gasteiger partial charge is 0.382 e. The Balaban J connectivity index is 0.00000300. The first-order valence-corrected chi connectivity index (χ1v) is 11.6. The third-order valence-corrected chi connectivity index (χ3v) is 7.28. The number of likely N-dealkylation sites (tertiary alicyclic amines) is 1. The van der Waals surface area contributed by atoms with Gasteiger partial charge in [0.2, 0.25) is 0 Å². The van der Waals surface area contributed by atoms with Crippen LogP contribution >= 0.6 is 24.0 Å². The Morgan fingerprint density at radius 1 is 1.00 bits per heavy atom. The summed E-state index contributed by atoms with van der Waals surface area (Å²) in [5.74, 6) is 0.952. The third kappa shape index (κ3) is 6.94. The lowest BCUT2D eigenvalue weighted by atomic mass is 9.83. The Kier molecular flexibility index (Phi) is 11.0. The number of rotatable bonds is 9. The van der Waals surface area contributed by atoms with Crippen molar-refractivity contribution in [2.24, 2.45) is 10.4 Å². The fourth-order valence-corrected chi connectivity index (χ4v) is 5.36. The van der Waals surface area contributed by atoms with Crippen LogP contribution in [0.2, 0.25) is 0 Å². The van der Waals surface area contributed by atoms with E-state index in [1.54, 1.807) is 0 Å². The number of ether oxygens (including phenoxy) is 2. The summed E-state index contributed by atoms with van der Waals surface area (Å²) >= 11 is 0.